The summed E-state index contributed by atoms with van der Waals surface area (Å²) in [6.45, 7) is 5.42. The van der Waals surface area contributed by atoms with Gasteiger partial charge in [-0.2, -0.15) is 4.98 Å². The normalized spacial score (nSPS) is 21.1. The average molecular weight is 457 g/mol. The first-order valence-corrected chi connectivity index (χ1v) is 11.8. The molecule has 2 aliphatic heterocycles. The molecule has 9 nitrogen and oxygen atoms in total. The number of hydrogen-bond donors (Lipinski definition) is 0. The van der Waals surface area contributed by atoms with Crippen molar-refractivity contribution in [1.29, 1.82) is 0 Å². The number of aryl methyl sites for hydroxylation is 2. The summed E-state index contributed by atoms with van der Waals surface area (Å²) < 4.78 is 16.8. The average Bonchev–Trinajstić information content (AvgIpc) is 3.33. The molecular weight excluding hydrogens is 424 g/mol. The molecule has 0 saturated carbocycles. The molecule has 1 aromatic carbocycles. The molecule has 2 amide bonds. The van der Waals surface area contributed by atoms with Crippen LogP contribution in [0.25, 0.3) is 0 Å². The number of carbonyl (C=O) groups is 2. The van der Waals surface area contributed by atoms with Crippen LogP contribution in [0.4, 0.5) is 0 Å². The van der Waals surface area contributed by atoms with Crippen LogP contribution in [0, 0.1) is 5.92 Å². The maximum Gasteiger partial charge on any atom is 0.227 e. The van der Waals surface area contributed by atoms with Crippen molar-refractivity contribution in [3.05, 3.63) is 42.0 Å². The second-order valence-corrected chi connectivity index (χ2v) is 8.51. The number of aromatic nitrogens is 2. The highest BCUT2D eigenvalue weighted by Crippen LogP contribution is 2.27. The number of likely N-dealkylation sites (tertiary alicyclic amines) is 1. The van der Waals surface area contributed by atoms with Crippen molar-refractivity contribution >= 4 is 11.8 Å². The lowest BCUT2D eigenvalue weighted by molar-refractivity contribution is -0.141. The van der Waals surface area contributed by atoms with Crippen LogP contribution in [0.15, 0.2) is 34.9 Å². The van der Waals surface area contributed by atoms with Gasteiger partial charge in [0.05, 0.1) is 13.2 Å². The summed E-state index contributed by atoms with van der Waals surface area (Å²) in [5.74, 6) is 1.98. The van der Waals surface area contributed by atoms with Gasteiger partial charge in [0.15, 0.2) is 5.82 Å². The van der Waals surface area contributed by atoms with Crippen LogP contribution in [0.2, 0.25) is 0 Å². The number of benzene rings is 1. The summed E-state index contributed by atoms with van der Waals surface area (Å²) in [5.41, 5.74) is 0. The molecule has 4 rings (SSSR count). The van der Waals surface area contributed by atoms with Crippen LogP contribution in [0.5, 0.6) is 5.75 Å². The zero-order chi connectivity index (χ0) is 23.0. The van der Waals surface area contributed by atoms with Gasteiger partial charge in [-0.15, -0.1) is 0 Å². The monoisotopic (exact) mass is 456 g/mol. The summed E-state index contributed by atoms with van der Waals surface area (Å²) in [5, 5.41) is 3.89. The van der Waals surface area contributed by atoms with Crippen molar-refractivity contribution in [3.8, 4) is 5.75 Å². The Balaban J connectivity index is 1.38. The van der Waals surface area contributed by atoms with Crippen LogP contribution in [0.3, 0.4) is 0 Å². The Kier molecular flexibility index (Phi) is 7.93. The standard InChI is InChI=1S/C24H32N4O5/c1-2-21-25-22(33-26-21)8-9-23(29)28-11-10-20(32-19-6-4-3-5-7-19)18(17-28)16-24(30)27-12-14-31-15-13-27/h3-7,18,20H,2,8-17H2,1H3/t18-,20-/m0/s1. The Bertz CT molecular complexity index is 913. The third kappa shape index (κ3) is 6.31. The van der Waals surface area contributed by atoms with E-state index in [-0.39, 0.29) is 23.8 Å². The van der Waals surface area contributed by atoms with Gasteiger partial charge in [0, 0.05) is 64.2 Å². The number of hydrogen-bond acceptors (Lipinski definition) is 7. The second kappa shape index (κ2) is 11.3. The van der Waals surface area contributed by atoms with E-state index in [1.165, 1.54) is 0 Å². The van der Waals surface area contributed by atoms with Crippen molar-refractivity contribution in [3.63, 3.8) is 0 Å². The first-order valence-electron chi connectivity index (χ1n) is 11.8. The zero-order valence-electron chi connectivity index (χ0n) is 19.1. The van der Waals surface area contributed by atoms with E-state index in [9.17, 15) is 9.59 Å². The van der Waals surface area contributed by atoms with Gasteiger partial charge in [-0.25, -0.2) is 0 Å². The number of amides is 2. The molecule has 1 aromatic heterocycles. The minimum Gasteiger partial charge on any atom is -0.490 e. The number of morpholine rings is 1. The van der Waals surface area contributed by atoms with Gasteiger partial charge in [0.2, 0.25) is 17.7 Å². The van der Waals surface area contributed by atoms with Crippen LogP contribution >= 0.6 is 0 Å². The van der Waals surface area contributed by atoms with Gasteiger partial charge >= 0.3 is 0 Å². The first-order chi connectivity index (χ1) is 16.1. The van der Waals surface area contributed by atoms with Crippen molar-refractivity contribution in [2.24, 2.45) is 5.92 Å². The lowest BCUT2D eigenvalue weighted by atomic mass is 9.90. The maximum atomic E-state index is 13.0. The quantitative estimate of drug-likeness (QED) is 0.600. The van der Waals surface area contributed by atoms with Crippen LogP contribution < -0.4 is 4.74 Å². The van der Waals surface area contributed by atoms with E-state index >= 15 is 0 Å². The highest BCUT2D eigenvalue weighted by Gasteiger charge is 2.35. The number of nitrogens with zero attached hydrogens (tertiary/aromatic N) is 4. The molecule has 2 aliphatic rings. The first kappa shape index (κ1) is 23.2. The van der Waals surface area contributed by atoms with Gasteiger partial charge in [-0.1, -0.05) is 30.3 Å². The van der Waals surface area contributed by atoms with E-state index in [1.54, 1.807) is 0 Å². The smallest absolute Gasteiger partial charge is 0.227 e. The van der Waals surface area contributed by atoms with E-state index in [0.717, 1.165) is 5.75 Å². The van der Waals surface area contributed by atoms with Crippen molar-refractivity contribution in [1.82, 2.24) is 19.9 Å². The molecule has 2 fully saturated rings. The fourth-order valence-electron chi connectivity index (χ4n) is 4.34. The van der Waals surface area contributed by atoms with E-state index in [4.69, 9.17) is 14.0 Å². The number of carbonyl (C=O) groups excluding carboxylic acids is 2. The zero-order valence-corrected chi connectivity index (χ0v) is 19.1. The Morgan fingerprint density at radius 3 is 2.61 bits per heavy atom. The molecule has 2 atom stereocenters. The Hall–Kier alpha value is -2.94. The molecule has 0 radical (unpaired) electrons. The Morgan fingerprint density at radius 1 is 1.09 bits per heavy atom. The maximum absolute atomic E-state index is 13.0. The van der Waals surface area contributed by atoms with E-state index in [0.29, 0.717) is 83.2 Å². The topological polar surface area (TPSA) is 98.0 Å². The molecule has 0 bridgehead atoms. The molecule has 2 saturated heterocycles. The van der Waals surface area contributed by atoms with Crippen molar-refractivity contribution in [2.75, 3.05) is 39.4 Å². The molecule has 3 heterocycles. The lowest BCUT2D eigenvalue weighted by Crippen LogP contribution is -2.50. The lowest BCUT2D eigenvalue weighted by Gasteiger charge is -2.39. The molecule has 0 aliphatic carbocycles. The molecule has 0 unspecified atom stereocenters. The summed E-state index contributed by atoms with van der Waals surface area (Å²) >= 11 is 0. The number of rotatable bonds is 8. The number of ether oxygens (including phenoxy) is 2. The predicted molar refractivity (Wildman–Crippen MR) is 120 cm³/mol. The third-order valence-electron chi connectivity index (χ3n) is 6.23. The third-order valence-corrected chi connectivity index (χ3v) is 6.23. The predicted octanol–water partition coefficient (Wildman–Crippen LogP) is 2.11. The summed E-state index contributed by atoms with van der Waals surface area (Å²) in [6, 6.07) is 9.66. The van der Waals surface area contributed by atoms with Crippen LogP contribution in [0.1, 0.15) is 37.9 Å². The molecule has 0 N–H and O–H groups in total. The van der Waals surface area contributed by atoms with Gasteiger partial charge in [-0.3, -0.25) is 9.59 Å². The Morgan fingerprint density at radius 2 is 1.88 bits per heavy atom. The van der Waals surface area contributed by atoms with Gasteiger partial charge < -0.3 is 23.8 Å². The van der Waals surface area contributed by atoms with Crippen LogP contribution in [-0.2, 0) is 27.2 Å². The SMILES string of the molecule is CCc1noc(CCC(=O)N2CC[C@H](Oc3ccccc3)[C@@H](CC(=O)N3CCOCC3)C2)n1. The second-order valence-electron chi connectivity index (χ2n) is 8.51. The van der Waals surface area contributed by atoms with Gasteiger partial charge in [0.25, 0.3) is 0 Å². The summed E-state index contributed by atoms with van der Waals surface area (Å²) in [4.78, 5) is 33.9. The molecular formula is C24H32N4O5. The largest absolute Gasteiger partial charge is 0.490 e. The summed E-state index contributed by atoms with van der Waals surface area (Å²) in [7, 11) is 0. The number of para-hydroxylation sites is 1. The molecule has 178 valence electrons. The van der Waals surface area contributed by atoms with Crippen molar-refractivity contribution < 1.29 is 23.6 Å². The van der Waals surface area contributed by atoms with Crippen LogP contribution in [-0.4, -0.2) is 77.3 Å². The highest BCUT2D eigenvalue weighted by molar-refractivity contribution is 5.78. The van der Waals surface area contributed by atoms with E-state index < -0.39 is 0 Å². The highest BCUT2D eigenvalue weighted by atomic mass is 16.5. The van der Waals surface area contributed by atoms with Gasteiger partial charge in [0.1, 0.15) is 11.9 Å². The molecule has 9 heteroatoms. The van der Waals surface area contributed by atoms with E-state index in [1.807, 2.05) is 47.1 Å². The fourth-order valence-corrected chi connectivity index (χ4v) is 4.34. The minimum absolute atomic E-state index is 0.0354. The molecule has 2 aromatic rings. The molecule has 33 heavy (non-hydrogen) atoms. The molecule has 0 spiro atoms. The summed E-state index contributed by atoms with van der Waals surface area (Å²) in [6.07, 6.45) is 2.34. The number of piperidine rings is 1. The fraction of sp³-hybridized carbons (Fsp3) is 0.583. The minimum atomic E-state index is -0.121. The van der Waals surface area contributed by atoms with Crippen molar-refractivity contribution in [2.45, 2.75) is 45.1 Å². The van der Waals surface area contributed by atoms with Gasteiger partial charge in [-0.05, 0) is 12.1 Å². The Labute approximate surface area is 194 Å². The van der Waals surface area contributed by atoms with E-state index in [2.05, 4.69) is 10.1 Å².